The molecule has 2 atom stereocenters. The molecule has 0 radical (unpaired) electrons. The fraction of sp³-hybridized carbons (Fsp3) is 0.522. The maximum atomic E-state index is 11.5. The Balaban J connectivity index is 2.06. The van der Waals surface area contributed by atoms with Gasteiger partial charge in [0, 0.05) is 12.0 Å². The van der Waals surface area contributed by atoms with Gasteiger partial charge in [0.2, 0.25) is 0 Å². The molecule has 0 bridgehead atoms. The van der Waals surface area contributed by atoms with Gasteiger partial charge in [-0.05, 0) is 65.9 Å². The molecule has 28 heavy (non-hydrogen) atoms. The predicted molar refractivity (Wildman–Crippen MR) is 114 cm³/mol. The zero-order valence-corrected chi connectivity index (χ0v) is 18.2. The average Bonchev–Trinajstić information content (AvgIpc) is 3.06. The van der Waals surface area contributed by atoms with Gasteiger partial charge in [-0.1, -0.05) is 34.9 Å². The third-order valence-corrected chi connectivity index (χ3v) is 5.90. The molecule has 1 aliphatic rings. The SMILES string of the molecule is CC(C)=CCC/C(C)=C/CC[C@@](C)(O)[C@H]1Cc2c(O)c(Cl)c(C)c(C=O)c2O1. The van der Waals surface area contributed by atoms with E-state index in [2.05, 4.69) is 32.9 Å². The molecule has 0 aromatic heterocycles. The maximum absolute atomic E-state index is 11.5. The van der Waals surface area contributed by atoms with Crippen LogP contribution in [0.15, 0.2) is 23.3 Å². The van der Waals surface area contributed by atoms with Gasteiger partial charge in [-0.15, -0.1) is 0 Å². The molecule has 2 rings (SSSR count). The highest BCUT2D eigenvalue weighted by atomic mass is 35.5. The fourth-order valence-corrected chi connectivity index (χ4v) is 3.73. The van der Waals surface area contributed by atoms with E-state index in [0.29, 0.717) is 41.6 Å². The Labute approximate surface area is 172 Å². The molecule has 0 unspecified atom stereocenters. The van der Waals surface area contributed by atoms with Crippen LogP contribution in [0, 0.1) is 6.92 Å². The van der Waals surface area contributed by atoms with Crippen LogP contribution in [0.4, 0.5) is 0 Å². The summed E-state index contributed by atoms with van der Waals surface area (Å²) >= 11 is 6.15. The number of aliphatic hydroxyl groups is 1. The number of rotatable bonds is 8. The van der Waals surface area contributed by atoms with Gasteiger partial charge in [0.25, 0.3) is 0 Å². The monoisotopic (exact) mass is 406 g/mol. The van der Waals surface area contributed by atoms with Crippen LogP contribution in [0.5, 0.6) is 11.5 Å². The number of ether oxygens (including phenoxy) is 1. The van der Waals surface area contributed by atoms with Gasteiger partial charge in [0.05, 0.1) is 16.2 Å². The van der Waals surface area contributed by atoms with E-state index in [1.807, 2.05) is 0 Å². The first-order valence-corrected chi connectivity index (χ1v) is 10.1. The number of fused-ring (bicyclic) bond motifs is 1. The van der Waals surface area contributed by atoms with Crippen molar-refractivity contribution in [2.75, 3.05) is 0 Å². The molecule has 5 heteroatoms. The van der Waals surface area contributed by atoms with Crippen molar-refractivity contribution in [3.05, 3.63) is 45.0 Å². The lowest BCUT2D eigenvalue weighted by Crippen LogP contribution is -2.42. The van der Waals surface area contributed by atoms with E-state index in [0.717, 1.165) is 19.3 Å². The molecule has 0 saturated heterocycles. The zero-order valence-electron chi connectivity index (χ0n) is 17.4. The number of halogens is 1. The van der Waals surface area contributed by atoms with Crippen LogP contribution < -0.4 is 4.74 Å². The third-order valence-electron chi connectivity index (χ3n) is 5.44. The van der Waals surface area contributed by atoms with Crippen LogP contribution in [-0.4, -0.2) is 28.2 Å². The number of carbonyl (C=O) groups excluding carboxylic acids is 1. The minimum atomic E-state index is -1.09. The minimum absolute atomic E-state index is 0.0620. The molecule has 0 spiro atoms. The van der Waals surface area contributed by atoms with Gasteiger partial charge in [0.15, 0.2) is 6.29 Å². The second-order valence-electron chi connectivity index (χ2n) is 8.20. The summed E-state index contributed by atoms with van der Waals surface area (Å²) in [5, 5.41) is 21.5. The molecule has 2 N–H and O–H groups in total. The first-order valence-electron chi connectivity index (χ1n) is 9.75. The van der Waals surface area contributed by atoms with Crippen molar-refractivity contribution in [1.29, 1.82) is 0 Å². The Morgan fingerprint density at radius 3 is 2.57 bits per heavy atom. The van der Waals surface area contributed by atoms with E-state index >= 15 is 0 Å². The molecule has 4 nitrogen and oxygen atoms in total. The van der Waals surface area contributed by atoms with Crippen LogP contribution in [0.2, 0.25) is 5.02 Å². The van der Waals surface area contributed by atoms with E-state index in [9.17, 15) is 15.0 Å². The topological polar surface area (TPSA) is 66.8 Å². The highest BCUT2D eigenvalue weighted by Crippen LogP contribution is 2.46. The maximum Gasteiger partial charge on any atom is 0.154 e. The molecular weight excluding hydrogens is 376 g/mol. The summed E-state index contributed by atoms with van der Waals surface area (Å²) in [5.74, 6) is 0.279. The number of carbonyl (C=O) groups is 1. The summed E-state index contributed by atoms with van der Waals surface area (Å²) < 4.78 is 5.93. The van der Waals surface area contributed by atoms with Crippen molar-refractivity contribution < 1.29 is 19.7 Å². The first kappa shape index (κ1) is 22.5. The molecule has 1 aromatic rings. The molecule has 1 aliphatic heterocycles. The Morgan fingerprint density at radius 2 is 1.96 bits per heavy atom. The Kier molecular flexibility index (Phi) is 7.35. The van der Waals surface area contributed by atoms with Gasteiger partial charge < -0.3 is 14.9 Å². The van der Waals surface area contributed by atoms with Crippen LogP contribution in [0.1, 0.15) is 74.9 Å². The zero-order chi connectivity index (χ0) is 21.1. The Bertz CT molecular complexity index is 802. The molecule has 0 saturated carbocycles. The number of allylic oxidation sites excluding steroid dienone is 4. The van der Waals surface area contributed by atoms with Crippen LogP contribution >= 0.6 is 11.6 Å². The summed E-state index contributed by atoms with van der Waals surface area (Å²) in [6, 6.07) is 0. The standard InChI is InChI=1S/C23H31ClO4/c1-14(2)8-6-9-15(3)10-7-11-23(5,27)19-12-17-21(26)20(24)16(4)18(13-25)22(17)28-19/h8,10,13,19,26-27H,6-7,9,11-12H2,1-5H3/b15-10+/t19-,23-/m1/s1. The Morgan fingerprint density at radius 1 is 1.29 bits per heavy atom. The number of hydrogen-bond donors (Lipinski definition) is 2. The molecule has 1 aromatic carbocycles. The van der Waals surface area contributed by atoms with Crippen molar-refractivity contribution in [2.24, 2.45) is 0 Å². The quantitative estimate of drug-likeness (QED) is 0.429. The number of aldehydes is 1. The van der Waals surface area contributed by atoms with Gasteiger partial charge in [-0.25, -0.2) is 0 Å². The first-order chi connectivity index (χ1) is 13.1. The second-order valence-corrected chi connectivity index (χ2v) is 8.58. The van der Waals surface area contributed by atoms with Gasteiger partial charge in [0.1, 0.15) is 17.6 Å². The van der Waals surface area contributed by atoms with E-state index in [1.165, 1.54) is 11.1 Å². The molecular formula is C23H31ClO4. The van der Waals surface area contributed by atoms with Gasteiger partial charge in [-0.3, -0.25) is 4.79 Å². The lowest BCUT2D eigenvalue weighted by atomic mass is 9.89. The fourth-order valence-electron chi connectivity index (χ4n) is 3.51. The van der Waals surface area contributed by atoms with Crippen molar-refractivity contribution in [3.8, 4) is 11.5 Å². The molecule has 0 fully saturated rings. The van der Waals surface area contributed by atoms with Gasteiger partial charge >= 0.3 is 0 Å². The highest BCUT2D eigenvalue weighted by molar-refractivity contribution is 6.33. The molecule has 0 amide bonds. The van der Waals surface area contributed by atoms with E-state index in [1.54, 1.807) is 13.8 Å². The summed E-state index contributed by atoms with van der Waals surface area (Å²) in [6.45, 7) is 9.71. The lowest BCUT2D eigenvalue weighted by Gasteiger charge is -2.29. The third kappa shape index (κ3) is 4.98. The summed E-state index contributed by atoms with van der Waals surface area (Å²) in [7, 11) is 0. The molecule has 154 valence electrons. The summed E-state index contributed by atoms with van der Waals surface area (Å²) in [4.78, 5) is 11.5. The van der Waals surface area contributed by atoms with Crippen LogP contribution in [-0.2, 0) is 6.42 Å². The van der Waals surface area contributed by atoms with E-state index < -0.39 is 11.7 Å². The average molecular weight is 407 g/mol. The second kappa shape index (κ2) is 9.15. The minimum Gasteiger partial charge on any atom is -0.506 e. The Hall–Kier alpha value is -1.78. The smallest absolute Gasteiger partial charge is 0.154 e. The van der Waals surface area contributed by atoms with Crippen molar-refractivity contribution in [1.82, 2.24) is 0 Å². The van der Waals surface area contributed by atoms with Crippen LogP contribution in [0.25, 0.3) is 0 Å². The number of phenolic OH excluding ortho intramolecular Hbond substituents is 1. The number of hydrogen-bond acceptors (Lipinski definition) is 4. The van der Waals surface area contributed by atoms with E-state index in [-0.39, 0.29) is 10.8 Å². The summed E-state index contributed by atoms with van der Waals surface area (Å²) in [5.41, 5.74) is 2.85. The molecule has 0 aliphatic carbocycles. The molecule has 1 heterocycles. The van der Waals surface area contributed by atoms with Crippen molar-refractivity contribution in [2.45, 2.75) is 78.4 Å². The summed E-state index contributed by atoms with van der Waals surface area (Å²) in [6.07, 6.45) is 8.14. The lowest BCUT2D eigenvalue weighted by molar-refractivity contribution is -0.0435. The number of phenols is 1. The normalized spacial score (nSPS) is 18.2. The number of aromatic hydroxyl groups is 1. The van der Waals surface area contributed by atoms with Crippen LogP contribution in [0.3, 0.4) is 0 Å². The van der Waals surface area contributed by atoms with E-state index in [4.69, 9.17) is 16.3 Å². The number of benzene rings is 1. The van der Waals surface area contributed by atoms with Crippen molar-refractivity contribution in [3.63, 3.8) is 0 Å². The highest BCUT2D eigenvalue weighted by Gasteiger charge is 2.41. The van der Waals surface area contributed by atoms with Crippen molar-refractivity contribution >= 4 is 17.9 Å². The largest absolute Gasteiger partial charge is 0.506 e. The predicted octanol–water partition coefficient (Wildman–Crippen LogP) is 5.69. The van der Waals surface area contributed by atoms with Gasteiger partial charge in [-0.2, -0.15) is 0 Å².